The van der Waals surface area contributed by atoms with Crippen LogP contribution in [0, 0.1) is 5.41 Å². The molecule has 0 aromatic heterocycles. The minimum absolute atomic E-state index is 0.0617. The molecule has 0 saturated carbocycles. The Bertz CT molecular complexity index is 997. The van der Waals surface area contributed by atoms with Gasteiger partial charge in [-0.25, -0.2) is 0 Å². The third-order valence-electron chi connectivity index (χ3n) is 3.72. The SMILES string of the molecule is CC(=O)Nc1ccc(S(=O)(=O)Nc2ccc([AsH2])c(NC(=O)C(C)(C)C)c2)cc1. The third kappa shape index (κ3) is 5.84. The van der Waals surface area contributed by atoms with Crippen molar-refractivity contribution in [3.05, 3.63) is 42.5 Å². The number of nitrogens with one attached hydrogen (secondary N) is 3. The molecule has 0 radical (unpaired) electrons. The van der Waals surface area contributed by atoms with Crippen LogP contribution in [0.1, 0.15) is 27.7 Å². The van der Waals surface area contributed by atoms with Crippen LogP contribution in [0.5, 0.6) is 0 Å². The summed E-state index contributed by atoms with van der Waals surface area (Å²) in [6.07, 6.45) is 0. The van der Waals surface area contributed by atoms with Gasteiger partial charge in [-0.1, -0.05) is 0 Å². The number of anilines is 3. The van der Waals surface area contributed by atoms with Gasteiger partial charge in [-0.3, -0.25) is 4.79 Å². The Morgan fingerprint density at radius 3 is 2.04 bits per heavy atom. The molecule has 1 atom stereocenters. The number of amides is 2. The summed E-state index contributed by atoms with van der Waals surface area (Å²) < 4.78 is 28.7. The van der Waals surface area contributed by atoms with Crippen LogP contribution in [0.15, 0.2) is 47.4 Å². The van der Waals surface area contributed by atoms with Crippen molar-refractivity contribution in [1.29, 1.82) is 0 Å². The van der Waals surface area contributed by atoms with Crippen molar-refractivity contribution in [1.82, 2.24) is 0 Å². The molecule has 28 heavy (non-hydrogen) atoms. The van der Waals surface area contributed by atoms with E-state index < -0.39 is 15.4 Å². The van der Waals surface area contributed by atoms with E-state index in [1.54, 1.807) is 39.0 Å². The second-order valence-corrected chi connectivity index (χ2v) is 10.3. The van der Waals surface area contributed by atoms with Crippen LogP contribution in [0.3, 0.4) is 0 Å². The number of benzene rings is 2. The zero-order chi connectivity index (χ0) is 21.1. The first-order valence-corrected chi connectivity index (χ1v) is 11.2. The van der Waals surface area contributed by atoms with E-state index in [4.69, 9.17) is 0 Å². The fourth-order valence-corrected chi connectivity index (χ4v) is 3.75. The number of hydrogen-bond acceptors (Lipinski definition) is 4. The summed E-state index contributed by atoms with van der Waals surface area (Å²) in [4.78, 5) is 23.4. The second-order valence-electron chi connectivity index (χ2n) is 7.32. The van der Waals surface area contributed by atoms with Gasteiger partial charge in [-0.15, -0.1) is 0 Å². The molecule has 0 spiro atoms. The van der Waals surface area contributed by atoms with Gasteiger partial charge in [0.25, 0.3) is 0 Å². The summed E-state index contributed by atoms with van der Waals surface area (Å²) in [5, 5.41) is 5.43. The fourth-order valence-electron chi connectivity index (χ4n) is 2.17. The normalized spacial score (nSPS) is 11.6. The van der Waals surface area contributed by atoms with Crippen molar-refractivity contribution in [2.75, 3.05) is 15.4 Å². The molecule has 2 aromatic carbocycles. The number of sulfonamides is 1. The van der Waals surface area contributed by atoms with Gasteiger partial charge in [0, 0.05) is 6.92 Å². The van der Waals surface area contributed by atoms with Crippen molar-refractivity contribution in [2.24, 2.45) is 5.41 Å². The molecule has 2 amide bonds. The van der Waals surface area contributed by atoms with Gasteiger partial charge in [0.05, 0.1) is 0 Å². The molecule has 7 nitrogen and oxygen atoms in total. The summed E-state index contributed by atoms with van der Waals surface area (Å²) in [6.45, 7) is 6.79. The van der Waals surface area contributed by atoms with E-state index >= 15 is 0 Å². The van der Waals surface area contributed by atoms with E-state index in [2.05, 4.69) is 15.4 Å². The zero-order valence-corrected chi connectivity index (χ0v) is 19.4. The maximum absolute atomic E-state index is 12.6. The first-order chi connectivity index (χ1) is 12.9. The van der Waals surface area contributed by atoms with E-state index in [1.165, 1.54) is 48.0 Å². The van der Waals surface area contributed by atoms with Crippen molar-refractivity contribution in [3.8, 4) is 0 Å². The molecule has 1 unspecified atom stereocenters. The molecule has 0 heterocycles. The predicted molar refractivity (Wildman–Crippen MR) is 114 cm³/mol. The molecule has 9 heteroatoms. The van der Waals surface area contributed by atoms with E-state index in [1.807, 2.05) is 0 Å². The standard InChI is InChI=1S/C19H24AsN3O4S/c1-12(24)21-13-5-8-15(9-6-13)28(26,27)23-14-7-10-16(20)17(11-14)22-18(25)19(2,3)4/h5-11,23H,20H2,1-4H3,(H,21,24)(H,22,25). The number of rotatable bonds is 5. The molecule has 0 bridgehead atoms. The van der Waals surface area contributed by atoms with Crippen molar-refractivity contribution >= 4 is 60.1 Å². The molecular formula is C19H24AsN3O4S. The quantitative estimate of drug-likeness (QED) is 0.585. The van der Waals surface area contributed by atoms with Crippen molar-refractivity contribution < 1.29 is 18.0 Å². The Labute approximate surface area is 173 Å². The minimum atomic E-state index is -3.82. The first kappa shape index (κ1) is 22.0. The predicted octanol–water partition coefficient (Wildman–Crippen LogP) is 1.69. The second kappa shape index (κ2) is 8.37. The number of carbonyl (C=O) groups is 2. The fraction of sp³-hybridized carbons (Fsp3) is 0.263. The topological polar surface area (TPSA) is 104 Å². The Balaban J connectivity index is 2.23. The van der Waals surface area contributed by atoms with E-state index in [-0.39, 0.29) is 16.7 Å². The van der Waals surface area contributed by atoms with E-state index in [0.717, 1.165) is 4.35 Å². The summed E-state index contributed by atoms with van der Waals surface area (Å²) in [7, 11) is -3.82. The molecule has 2 rings (SSSR count). The molecule has 0 aliphatic carbocycles. The molecule has 0 aliphatic rings. The molecule has 150 valence electrons. The molecular weight excluding hydrogens is 441 g/mol. The van der Waals surface area contributed by atoms with E-state index in [0.29, 0.717) is 17.1 Å². The van der Waals surface area contributed by atoms with Gasteiger partial charge in [0.1, 0.15) is 0 Å². The molecule has 0 saturated heterocycles. The Morgan fingerprint density at radius 2 is 1.50 bits per heavy atom. The summed E-state index contributed by atoms with van der Waals surface area (Å²) in [6, 6.07) is 10.9. The van der Waals surface area contributed by atoms with Crippen LogP contribution in [-0.4, -0.2) is 37.1 Å². The maximum atomic E-state index is 12.6. The summed E-state index contributed by atoms with van der Waals surface area (Å²) in [5.74, 6) is -0.389. The molecule has 3 N–H and O–H groups in total. The third-order valence-corrected chi connectivity index (χ3v) is 6.17. The first-order valence-electron chi connectivity index (χ1n) is 8.50. The zero-order valence-electron chi connectivity index (χ0n) is 16.2. The van der Waals surface area contributed by atoms with Crippen LogP contribution >= 0.6 is 0 Å². The van der Waals surface area contributed by atoms with Crippen LogP contribution in [0.4, 0.5) is 17.1 Å². The molecule has 2 aromatic rings. The Hall–Kier alpha value is -2.31. The van der Waals surface area contributed by atoms with Crippen molar-refractivity contribution in [3.63, 3.8) is 0 Å². The number of hydrogen-bond donors (Lipinski definition) is 3. The summed E-state index contributed by atoms with van der Waals surface area (Å²) >= 11 is 1.32. The van der Waals surface area contributed by atoms with Gasteiger partial charge in [0.2, 0.25) is 0 Å². The average molecular weight is 465 g/mol. The van der Waals surface area contributed by atoms with Crippen LogP contribution in [0.2, 0.25) is 0 Å². The van der Waals surface area contributed by atoms with Gasteiger partial charge in [-0.2, -0.15) is 0 Å². The average Bonchev–Trinajstić information content (AvgIpc) is 2.56. The van der Waals surface area contributed by atoms with Crippen molar-refractivity contribution in [2.45, 2.75) is 32.6 Å². The molecule has 0 aliphatic heterocycles. The number of carbonyl (C=O) groups excluding carboxylic acids is 2. The van der Waals surface area contributed by atoms with Gasteiger partial charge in [-0.05, 0) is 0 Å². The Morgan fingerprint density at radius 1 is 0.929 bits per heavy atom. The van der Waals surface area contributed by atoms with Gasteiger partial charge >= 0.3 is 162 Å². The molecule has 0 fully saturated rings. The van der Waals surface area contributed by atoms with Crippen LogP contribution in [-0.2, 0) is 19.6 Å². The van der Waals surface area contributed by atoms with E-state index in [9.17, 15) is 18.0 Å². The van der Waals surface area contributed by atoms with Gasteiger partial charge < -0.3 is 0 Å². The van der Waals surface area contributed by atoms with Crippen LogP contribution in [0.25, 0.3) is 0 Å². The summed E-state index contributed by atoms with van der Waals surface area (Å²) in [5.41, 5.74) is 0.860. The Kier molecular flexibility index (Phi) is 6.57. The monoisotopic (exact) mass is 465 g/mol. The van der Waals surface area contributed by atoms with Gasteiger partial charge in [0.15, 0.2) is 0 Å². The van der Waals surface area contributed by atoms with Crippen LogP contribution < -0.4 is 19.7 Å².